The van der Waals surface area contributed by atoms with Gasteiger partial charge in [-0.25, -0.2) is 0 Å². The van der Waals surface area contributed by atoms with Gasteiger partial charge in [-0.05, 0) is 29.8 Å². The van der Waals surface area contributed by atoms with Gasteiger partial charge in [0.1, 0.15) is 5.75 Å². The number of nitrogens with zero attached hydrogens (tertiary/aromatic N) is 1. The summed E-state index contributed by atoms with van der Waals surface area (Å²) in [6.45, 7) is -0.611. The van der Waals surface area contributed by atoms with Crippen molar-refractivity contribution in [3.63, 3.8) is 0 Å². The molecule has 2 aromatic rings. The standard InChI is InChI=1S/C20H21ClN2O5/c1-23(12-18(24)22-16-4-3-5-17(11-16)27-2)19(25)13-28-20(26)10-14-6-8-15(21)9-7-14/h3-9,11H,10,12-13H2,1-2H3,(H,22,24). The highest BCUT2D eigenvalue weighted by molar-refractivity contribution is 6.30. The third-order valence-electron chi connectivity index (χ3n) is 3.78. The van der Waals surface area contributed by atoms with Gasteiger partial charge in [0.05, 0.1) is 20.1 Å². The van der Waals surface area contributed by atoms with E-state index in [0.717, 1.165) is 5.56 Å². The van der Waals surface area contributed by atoms with E-state index in [1.807, 2.05) is 0 Å². The number of amides is 2. The Kier molecular flexibility index (Phi) is 7.83. The van der Waals surface area contributed by atoms with Crippen molar-refractivity contribution in [2.24, 2.45) is 0 Å². The van der Waals surface area contributed by atoms with Crippen LogP contribution in [0.4, 0.5) is 5.69 Å². The molecule has 8 heteroatoms. The number of benzene rings is 2. The number of hydrogen-bond donors (Lipinski definition) is 1. The molecule has 148 valence electrons. The van der Waals surface area contributed by atoms with Gasteiger partial charge in [-0.15, -0.1) is 0 Å². The lowest BCUT2D eigenvalue weighted by atomic mass is 10.1. The zero-order chi connectivity index (χ0) is 20.5. The third-order valence-corrected chi connectivity index (χ3v) is 4.03. The van der Waals surface area contributed by atoms with E-state index in [4.69, 9.17) is 21.1 Å². The largest absolute Gasteiger partial charge is 0.497 e. The zero-order valence-electron chi connectivity index (χ0n) is 15.6. The van der Waals surface area contributed by atoms with Crippen LogP contribution in [0.5, 0.6) is 5.75 Å². The summed E-state index contributed by atoms with van der Waals surface area (Å²) in [6.07, 6.45) is 0.0322. The molecule has 0 fully saturated rings. The molecule has 0 aliphatic rings. The summed E-state index contributed by atoms with van der Waals surface area (Å²) < 4.78 is 10.1. The van der Waals surface area contributed by atoms with E-state index < -0.39 is 18.5 Å². The molecule has 28 heavy (non-hydrogen) atoms. The molecular formula is C20H21ClN2O5. The Labute approximate surface area is 168 Å². The zero-order valence-corrected chi connectivity index (χ0v) is 16.4. The van der Waals surface area contributed by atoms with Crippen LogP contribution in [0.1, 0.15) is 5.56 Å². The Bertz CT molecular complexity index is 839. The first-order valence-electron chi connectivity index (χ1n) is 8.45. The molecule has 2 amide bonds. The Hall–Kier alpha value is -3.06. The summed E-state index contributed by atoms with van der Waals surface area (Å²) in [5.74, 6) is -0.790. The minimum atomic E-state index is -0.537. The van der Waals surface area contributed by atoms with Gasteiger partial charge in [-0.2, -0.15) is 0 Å². The fraction of sp³-hybridized carbons (Fsp3) is 0.250. The molecule has 2 rings (SSSR count). The van der Waals surface area contributed by atoms with Gasteiger partial charge >= 0.3 is 5.97 Å². The van der Waals surface area contributed by atoms with Gasteiger partial charge in [0, 0.05) is 23.8 Å². The van der Waals surface area contributed by atoms with Gasteiger partial charge in [0.25, 0.3) is 5.91 Å². The van der Waals surface area contributed by atoms with Crippen LogP contribution in [-0.2, 0) is 25.5 Å². The van der Waals surface area contributed by atoms with Crippen LogP contribution in [0.25, 0.3) is 0 Å². The highest BCUT2D eigenvalue weighted by Crippen LogP contribution is 2.16. The van der Waals surface area contributed by atoms with E-state index in [0.29, 0.717) is 16.5 Å². The van der Waals surface area contributed by atoms with Crippen LogP contribution in [-0.4, -0.2) is 50.0 Å². The molecular weight excluding hydrogens is 384 g/mol. The maximum atomic E-state index is 12.1. The van der Waals surface area contributed by atoms with E-state index in [2.05, 4.69) is 5.32 Å². The van der Waals surface area contributed by atoms with Gasteiger partial charge in [-0.1, -0.05) is 29.8 Å². The number of nitrogens with one attached hydrogen (secondary N) is 1. The maximum absolute atomic E-state index is 12.1. The lowest BCUT2D eigenvalue weighted by molar-refractivity contribution is -0.151. The molecule has 0 saturated heterocycles. The number of anilines is 1. The molecule has 0 saturated carbocycles. The smallest absolute Gasteiger partial charge is 0.310 e. The number of methoxy groups -OCH3 is 1. The number of hydrogen-bond acceptors (Lipinski definition) is 5. The first-order chi connectivity index (χ1) is 13.4. The molecule has 0 heterocycles. The predicted octanol–water partition coefficient (Wildman–Crippen LogP) is 2.53. The highest BCUT2D eigenvalue weighted by atomic mass is 35.5. The maximum Gasteiger partial charge on any atom is 0.310 e. The second kappa shape index (κ2) is 10.3. The first kappa shape index (κ1) is 21.2. The number of halogens is 1. The van der Waals surface area contributed by atoms with Crippen LogP contribution < -0.4 is 10.1 Å². The quantitative estimate of drug-likeness (QED) is 0.683. The average molecular weight is 405 g/mol. The van der Waals surface area contributed by atoms with Crippen molar-refractivity contribution < 1.29 is 23.9 Å². The van der Waals surface area contributed by atoms with Gasteiger partial charge in [0.15, 0.2) is 6.61 Å². The summed E-state index contributed by atoms with van der Waals surface area (Å²) in [4.78, 5) is 37.2. The average Bonchev–Trinajstić information content (AvgIpc) is 2.67. The van der Waals surface area contributed by atoms with Crippen LogP contribution in [0.15, 0.2) is 48.5 Å². The van der Waals surface area contributed by atoms with E-state index >= 15 is 0 Å². The summed E-state index contributed by atoms with van der Waals surface area (Å²) in [6, 6.07) is 13.6. The van der Waals surface area contributed by atoms with Crippen molar-refractivity contribution in [1.82, 2.24) is 4.90 Å². The fourth-order valence-corrected chi connectivity index (χ4v) is 2.40. The monoisotopic (exact) mass is 404 g/mol. The van der Waals surface area contributed by atoms with E-state index in [-0.39, 0.29) is 18.9 Å². The third kappa shape index (κ3) is 6.92. The number of carbonyl (C=O) groups excluding carboxylic acids is 3. The van der Waals surface area contributed by atoms with Crippen molar-refractivity contribution in [2.45, 2.75) is 6.42 Å². The first-order valence-corrected chi connectivity index (χ1v) is 8.83. The highest BCUT2D eigenvalue weighted by Gasteiger charge is 2.15. The number of likely N-dealkylation sites (N-methyl/N-ethyl adjacent to an activating group) is 1. The minimum Gasteiger partial charge on any atom is -0.497 e. The Morgan fingerprint density at radius 2 is 1.82 bits per heavy atom. The number of carbonyl (C=O) groups is 3. The van der Waals surface area contributed by atoms with E-state index in [1.165, 1.54) is 19.1 Å². The summed E-state index contributed by atoms with van der Waals surface area (Å²) in [5, 5.41) is 3.24. The SMILES string of the molecule is COc1cccc(NC(=O)CN(C)C(=O)COC(=O)Cc2ccc(Cl)cc2)c1. The van der Waals surface area contributed by atoms with Crippen LogP contribution >= 0.6 is 11.6 Å². The molecule has 0 atom stereocenters. The molecule has 0 aliphatic carbocycles. The molecule has 7 nitrogen and oxygen atoms in total. The van der Waals surface area contributed by atoms with Gasteiger partial charge in [0.2, 0.25) is 5.91 Å². The van der Waals surface area contributed by atoms with Gasteiger partial charge < -0.3 is 19.7 Å². The van der Waals surface area contributed by atoms with E-state index in [9.17, 15) is 14.4 Å². The Morgan fingerprint density at radius 3 is 2.50 bits per heavy atom. The van der Waals surface area contributed by atoms with Crippen molar-refractivity contribution in [1.29, 1.82) is 0 Å². The topological polar surface area (TPSA) is 84.9 Å². The molecule has 0 spiro atoms. The molecule has 0 unspecified atom stereocenters. The normalized spacial score (nSPS) is 10.1. The number of ether oxygens (including phenoxy) is 2. The molecule has 2 aromatic carbocycles. The molecule has 1 N–H and O–H groups in total. The molecule has 0 aromatic heterocycles. The van der Waals surface area contributed by atoms with Crippen molar-refractivity contribution >= 4 is 35.1 Å². The number of esters is 1. The van der Waals surface area contributed by atoms with E-state index in [1.54, 1.807) is 48.5 Å². The van der Waals surface area contributed by atoms with Crippen molar-refractivity contribution in [2.75, 3.05) is 32.6 Å². The number of rotatable bonds is 8. The lowest BCUT2D eigenvalue weighted by Gasteiger charge is -2.17. The van der Waals surface area contributed by atoms with Crippen LogP contribution in [0, 0.1) is 0 Å². The molecule has 0 radical (unpaired) electrons. The summed E-state index contributed by atoms with van der Waals surface area (Å²) in [5.41, 5.74) is 1.28. The van der Waals surface area contributed by atoms with Crippen LogP contribution in [0.3, 0.4) is 0 Å². The second-order valence-electron chi connectivity index (χ2n) is 5.99. The van der Waals surface area contributed by atoms with Crippen molar-refractivity contribution in [3.05, 3.63) is 59.1 Å². The lowest BCUT2D eigenvalue weighted by Crippen LogP contribution is -2.37. The Morgan fingerprint density at radius 1 is 1.11 bits per heavy atom. The van der Waals surface area contributed by atoms with Crippen molar-refractivity contribution in [3.8, 4) is 5.75 Å². The minimum absolute atomic E-state index is 0.0322. The molecule has 0 aliphatic heterocycles. The second-order valence-corrected chi connectivity index (χ2v) is 6.43. The van der Waals surface area contributed by atoms with Gasteiger partial charge in [-0.3, -0.25) is 14.4 Å². The van der Waals surface area contributed by atoms with Crippen LogP contribution in [0.2, 0.25) is 5.02 Å². The summed E-state index contributed by atoms with van der Waals surface area (Å²) >= 11 is 5.79. The fourth-order valence-electron chi connectivity index (χ4n) is 2.28. The predicted molar refractivity (Wildman–Crippen MR) is 105 cm³/mol. The summed E-state index contributed by atoms with van der Waals surface area (Å²) in [7, 11) is 2.99. The Balaban J connectivity index is 1.76. The molecule has 0 bridgehead atoms.